The molecule has 1 saturated heterocycles. The Hall–Kier alpha value is -4.27. The maximum Gasteiger partial charge on any atom is 0.224 e. The number of benzene rings is 1. The summed E-state index contributed by atoms with van der Waals surface area (Å²) in [6.07, 6.45) is 9.46. The number of nitrogens with zero attached hydrogens (tertiary/aromatic N) is 5. The summed E-state index contributed by atoms with van der Waals surface area (Å²) in [7, 11) is 0. The molecule has 1 aromatic carbocycles. The number of H-pyrrole nitrogens is 2. The van der Waals surface area contributed by atoms with Gasteiger partial charge in [-0.3, -0.25) is 14.9 Å². The molecule has 9 nitrogen and oxygen atoms in total. The van der Waals surface area contributed by atoms with E-state index in [1.54, 1.807) is 12.4 Å². The topological polar surface area (TPSA) is 115 Å². The van der Waals surface area contributed by atoms with Gasteiger partial charge in [0.25, 0.3) is 0 Å². The Morgan fingerprint density at radius 1 is 1.08 bits per heavy atom. The molecule has 1 amide bonds. The number of imidazole rings is 1. The van der Waals surface area contributed by atoms with Gasteiger partial charge in [0.15, 0.2) is 11.5 Å². The van der Waals surface area contributed by atoms with Gasteiger partial charge >= 0.3 is 0 Å². The third-order valence-corrected chi connectivity index (χ3v) is 6.80. The molecule has 0 atom stereocenters. The minimum Gasteiger partial charge on any atom is -0.370 e. The van der Waals surface area contributed by atoms with Crippen LogP contribution in [0.5, 0.6) is 0 Å². The molecule has 6 rings (SSSR count). The van der Waals surface area contributed by atoms with E-state index in [1.165, 1.54) is 19.3 Å². The summed E-state index contributed by atoms with van der Waals surface area (Å²) in [6.45, 7) is 6.15. The van der Waals surface area contributed by atoms with Crippen LogP contribution in [0.3, 0.4) is 0 Å². The molecule has 0 unspecified atom stereocenters. The normalized spacial score (nSPS) is 14.1. The second kappa shape index (κ2) is 9.65. The Kier molecular flexibility index (Phi) is 6.04. The average Bonchev–Trinajstić information content (AvgIpc) is 3.52. The summed E-state index contributed by atoms with van der Waals surface area (Å²) in [5, 5.41) is 11.6. The fraction of sp³-hybridized carbons (Fsp3) is 0.321. The third kappa shape index (κ3) is 4.64. The zero-order chi connectivity index (χ0) is 25.4. The summed E-state index contributed by atoms with van der Waals surface area (Å²) in [4.78, 5) is 31.8. The number of amides is 1. The van der Waals surface area contributed by atoms with Crippen molar-refractivity contribution in [3.8, 4) is 22.6 Å². The highest BCUT2D eigenvalue weighted by molar-refractivity contribution is 5.97. The number of hydrogen-bond donors (Lipinski definition) is 3. The first-order valence-electron chi connectivity index (χ1n) is 12.9. The van der Waals surface area contributed by atoms with Gasteiger partial charge in [0, 0.05) is 42.9 Å². The SMILES string of the molecule is CC(C)CC(=O)Nc1cncc(-c2ccc3[nH]nc(-c4nc5nccc(N6CCCCC6)c5[nH]4)c3c2)c1. The van der Waals surface area contributed by atoms with Crippen LogP contribution in [0.2, 0.25) is 0 Å². The van der Waals surface area contributed by atoms with Crippen molar-refractivity contribution in [2.75, 3.05) is 23.3 Å². The molecule has 0 saturated carbocycles. The lowest BCUT2D eigenvalue weighted by atomic mass is 10.0. The highest BCUT2D eigenvalue weighted by Crippen LogP contribution is 2.33. The average molecular weight is 495 g/mol. The lowest BCUT2D eigenvalue weighted by Crippen LogP contribution is -2.29. The number of aromatic amines is 2. The van der Waals surface area contributed by atoms with Crippen LogP contribution in [0, 0.1) is 5.92 Å². The molecule has 9 heteroatoms. The van der Waals surface area contributed by atoms with E-state index in [4.69, 9.17) is 4.98 Å². The highest BCUT2D eigenvalue weighted by atomic mass is 16.1. The van der Waals surface area contributed by atoms with Crippen LogP contribution in [0.4, 0.5) is 11.4 Å². The molecule has 3 N–H and O–H groups in total. The Morgan fingerprint density at radius 2 is 1.95 bits per heavy atom. The zero-order valence-electron chi connectivity index (χ0n) is 21.1. The number of carbonyl (C=O) groups is 1. The highest BCUT2D eigenvalue weighted by Gasteiger charge is 2.19. The molecule has 5 heterocycles. The van der Waals surface area contributed by atoms with Crippen LogP contribution in [0.25, 0.3) is 44.7 Å². The van der Waals surface area contributed by atoms with Crippen molar-refractivity contribution in [2.24, 2.45) is 5.92 Å². The van der Waals surface area contributed by atoms with Gasteiger partial charge in [-0.2, -0.15) is 5.10 Å². The number of carbonyl (C=O) groups excluding carboxylic acids is 1. The van der Waals surface area contributed by atoms with Crippen LogP contribution in [0.15, 0.2) is 48.9 Å². The molecule has 0 bridgehead atoms. The first-order chi connectivity index (χ1) is 18.0. The van der Waals surface area contributed by atoms with Gasteiger partial charge < -0.3 is 15.2 Å². The standard InChI is InChI=1S/C28H30N8O/c1-17(2)12-24(37)31-20-13-19(15-29-16-20)18-6-7-22-21(14-18)25(35-34-22)28-32-26-23(8-9-30-27(26)33-28)36-10-4-3-5-11-36/h6-9,13-17H,3-5,10-12H2,1-2H3,(H,31,37)(H,34,35)(H,30,32,33). The monoisotopic (exact) mass is 494 g/mol. The third-order valence-electron chi connectivity index (χ3n) is 6.80. The van der Waals surface area contributed by atoms with Gasteiger partial charge in [0.2, 0.25) is 5.91 Å². The maximum atomic E-state index is 12.2. The minimum atomic E-state index is -0.0102. The fourth-order valence-corrected chi connectivity index (χ4v) is 5.03. The number of anilines is 2. The molecule has 0 aliphatic carbocycles. The number of nitrogens with one attached hydrogen (secondary N) is 3. The van der Waals surface area contributed by atoms with Crippen LogP contribution >= 0.6 is 0 Å². The van der Waals surface area contributed by atoms with E-state index in [9.17, 15) is 4.79 Å². The Bertz CT molecular complexity index is 1580. The van der Waals surface area contributed by atoms with Gasteiger partial charge in [-0.1, -0.05) is 19.9 Å². The van der Waals surface area contributed by atoms with Gasteiger partial charge in [-0.05, 0) is 55.0 Å². The molecular weight excluding hydrogens is 464 g/mol. The van der Waals surface area contributed by atoms with E-state index in [-0.39, 0.29) is 5.91 Å². The van der Waals surface area contributed by atoms with Gasteiger partial charge in [-0.15, -0.1) is 0 Å². The van der Waals surface area contributed by atoms with Crippen LogP contribution < -0.4 is 10.2 Å². The predicted molar refractivity (Wildman–Crippen MR) is 146 cm³/mol. The number of rotatable bonds is 6. The van der Waals surface area contributed by atoms with Crippen molar-refractivity contribution in [2.45, 2.75) is 39.5 Å². The van der Waals surface area contributed by atoms with E-state index in [2.05, 4.69) is 47.5 Å². The lowest BCUT2D eigenvalue weighted by Gasteiger charge is -2.28. The van der Waals surface area contributed by atoms with Crippen molar-refractivity contribution >= 4 is 39.3 Å². The minimum absolute atomic E-state index is 0.0102. The zero-order valence-corrected chi connectivity index (χ0v) is 21.1. The molecule has 4 aromatic heterocycles. The van der Waals surface area contributed by atoms with E-state index < -0.39 is 0 Å². The van der Waals surface area contributed by atoms with E-state index >= 15 is 0 Å². The van der Waals surface area contributed by atoms with Crippen molar-refractivity contribution in [3.63, 3.8) is 0 Å². The van der Waals surface area contributed by atoms with Crippen LogP contribution in [-0.2, 0) is 4.79 Å². The Labute approximate surface area is 214 Å². The smallest absolute Gasteiger partial charge is 0.224 e. The molecule has 37 heavy (non-hydrogen) atoms. The van der Waals surface area contributed by atoms with Crippen molar-refractivity contribution < 1.29 is 4.79 Å². The summed E-state index contributed by atoms with van der Waals surface area (Å²) in [6, 6.07) is 10.1. The van der Waals surface area contributed by atoms with E-state index in [1.807, 2.05) is 38.2 Å². The molecular formula is C28H30N8O. The molecule has 188 valence electrons. The molecule has 0 radical (unpaired) electrons. The van der Waals surface area contributed by atoms with E-state index in [0.717, 1.165) is 52.0 Å². The number of piperidine rings is 1. The molecule has 1 aliphatic rings. The van der Waals surface area contributed by atoms with Gasteiger partial charge in [0.1, 0.15) is 11.2 Å². The Morgan fingerprint density at radius 3 is 2.78 bits per heavy atom. The summed E-state index contributed by atoms with van der Waals surface area (Å²) in [5.74, 6) is 0.967. The lowest BCUT2D eigenvalue weighted by molar-refractivity contribution is -0.116. The second-order valence-corrected chi connectivity index (χ2v) is 10.1. The largest absolute Gasteiger partial charge is 0.370 e. The Balaban J connectivity index is 1.35. The van der Waals surface area contributed by atoms with Crippen LogP contribution in [0.1, 0.15) is 39.5 Å². The van der Waals surface area contributed by atoms with Gasteiger partial charge in [-0.25, -0.2) is 9.97 Å². The number of fused-ring (bicyclic) bond motifs is 2. The second-order valence-electron chi connectivity index (χ2n) is 10.1. The summed E-state index contributed by atoms with van der Waals surface area (Å²) < 4.78 is 0. The molecule has 5 aromatic rings. The molecule has 1 fully saturated rings. The van der Waals surface area contributed by atoms with Crippen molar-refractivity contribution in [3.05, 3.63) is 48.9 Å². The molecule has 0 spiro atoms. The summed E-state index contributed by atoms with van der Waals surface area (Å²) >= 11 is 0. The summed E-state index contributed by atoms with van der Waals surface area (Å²) in [5.41, 5.74) is 7.02. The number of pyridine rings is 2. The molecule has 1 aliphatic heterocycles. The predicted octanol–water partition coefficient (Wildman–Crippen LogP) is 5.54. The van der Waals surface area contributed by atoms with Crippen LogP contribution in [-0.4, -0.2) is 49.1 Å². The quantitative estimate of drug-likeness (QED) is 0.286. The van der Waals surface area contributed by atoms with Crippen molar-refractivity contribution in [1.82, 2.24) is 30.1 Å². The first kappa shape index (κ1) is 23.1. The first-order valence-corrected chi connectivity index (χ1v) is 12.9. The fourth-order valence-electron chi connectivity index (χ4n) is 5.03. The number of aromatic nitrogens is 6. The maximum absolute atomic E-state index is 12.2. The number of hydrogen-bond acceptors (Lipinski definition) is 6. The van der Waals surface area contributed by atoms with Crippen molar-refractivity contribution in [1.29, 1.82) is 0 Å². The van der Waals surface area contributed by atoms with Gasteiger partial charge in [0.05, 0.1) is 23.1 Å². The van der Waals surface area contributed by atoms with E-state index in [0.29, 0.717) is 29.5 Å².